The van der Waals surface area contributed by atoms with Crippen molar-refractivity contribution in [3.63, 3.8) is 0 Å². The van der Waals surface area contributed by atoms with E-state index in [0.717, 1.165) is 6.42 Å². The van der Waals surface area contributed by atoms with Gasteiger partial charge in [-0.05, 0) is 30.5 Å². The van der Waals surface area contributed by atoms with Gasteiger partial charge in [-0.25, -0.2) is 0 Å². The summed E-state index contributed by atoms with van der Waals surface area (Å²) in [4.78, 5) is 53.2. The number of ether oxygens (including phenoxy) is 1. The molecule has 7 heteroatoms. The van der Waals surface area contributed by atoms with Crippen LogP contribution in [-0.2, 0) is 14.4 Å². The van der Waals surface area contributed by atoms with Gasteiger partial charge in [0, 0.05) is 23.5 Å². The molecule has 0 radical (unpaired) electrons. The van der Waals surface area contributed by atoms with Crippen LogP contribution in [0.1, 0.15) is 75.1 Å². The summed E-state index contributed by atoms with van der Waals surface area (Å²) in [7, 11) is 0. The Labute approximate surface area is 173 Å². The molecule has 0 aliphatic heterocycles. The standard InChI is InChI=1S/C13H14O4.C7H13NO2.C2H6/c1-9(2)13(16)12-7-11(17-6-5-14)4-3-10(12)8-15;1-6(2)3-4-7(10)8-5-9;1-2/h3-5,7-9H,6H2,1-2H3;5-6H,3-4H2,1-2H3,(H,8,9,10);1-2H3. The van der Waals surface area contributed by atoms with Crippen molar-refractivity contribution in [1.82, 2.24) is 5.32 Å². The first-order chi connectivity index (χ1) is 13.8. The van der Waals surface area contributed by atoms with Crippen LogP contribution in [0.4, 0.5) is 0 Å². The molecule has 1 aromatic rings. The predicted molar refractivity (Wildman–Crippen MR) is 112 cm³/mol. The summed E-state index contributed by atoms with van der Waals surface area (Å²) in [5, 5.41) is 2.08. The van der Waals surface area contributed by atoms with Crippen LogP contribution in [0, 0.1) is 11.8 Å². The third-order valence-electron chi connectivity index (χ3n) is 3.43. The molecule has 2 amide bonds. The third kappa shape index (κ3) is 13.1. The number of aldehydes is 2. The Morgan fingerprint density at radius 1 is 1.07 bits per heavy atom. The number of Topliss-reactive ketones (excluding diaryl/α,β-unsaturated/α-hetero) is 1. The van der Waals surface area contributed by atoms with E-state index in [0.29, 0.717) is 48.2 Å². The molecule has 1 aromatic carbocycles. The van der Waals surface area contributed by atoms with Gasteiger partial charge in [0.05, 0.1) is 0 Å². The highest BCUT2D eigenvalue weighted by Gasteiger charge is 2.15. The molecule has 0 aliphatic rings. The molecule has 0 saturated heterocycles. The molecule has 29 heavy (non-hydrogen) atoms. The predicted octanol–water partition coefficient (Wildman–Crippen LogP) is 3.64. The van der Waals surface area contributed by atoms with Crippen LogP contribution in [0.2, 0.25) is 0 Å². The van der Waals surface area contributed by atoms with Gasteiger partial charge in [-0.3, -0.25) is 29.3 Å². The number of imide groups is 1. The van der Waals surface area contributed by atoms with E-state index in [-0.39, 0.29) is 24.2 Å². The van der Waals surface area contributed by atoms with Crippen molar-refractivity contribution in [2.24, 2.45) is 11.8 Å². The first kappa shape index (κ1) is 28.4. The summed E-state index contributed by atoms with van der Waals surface area (Å²) >= 11 is 0. The Bertz CT molecular complexity index is 653. The number of amides is 2. The Morgan fingerprint density at radius 3 is 2.14 bits per heavy atom. The van der Waals surface area contributed by atoms with Gasteiger partial charge in [-0.1, -0.05) is 41.5 Å². The van der Waals surface area contributed by atoms with Gasteiger partial charge in [0.2, 0.25) is 12.3 Å². The quantitative estimate of drug-likeness (QED) is 0.469. The number of benzene rings is 1. The number of hydrogen-bond acceptors (Lipinski definition) is 6. The molecule has 0 aromatic heterocycles. The summed E-state index contributed by atoms with van der Waals surface area (Å²) in [6, 6.07) is 4.57. The van der Waals surface area contributed by atoms with Crippen LogP contribution in [0.25, 0.3) is 0 Å². The monoisotopic (exact) mass is 407 g/mol. The Balaban J connectivity index is 0. The van der Waals surface area contributed by atoms with Crippen LogP contribution < -0.4 is 10.1 Å². The molecule has 0 atom stereocenters. The number of nitrogens with one attached hydrogen (secondary N) is 1. The summed E-state index contributed by atoms with van der Waals surface area (Å²) in [5.41, 5.74) is 0.667. The number of carbonyl (C=O) groups excluding carboxylic acids is 5. The largest absolute Gasteiger partial charge is 0.486 e. The Kier molecular flexibility index (Phi) is 16.9. The molecule has 0 fully saturated rings. The van der Waals surface area contributed by atoms with Gasteiger partial charge in [0.1, 0.15) is 12.4 Å². The molecule has 0 heterocycles. The maximum absolute atomic E-state index is 11.9. The number of ketones is 1. The third-order valence-corrected chi connectivity index (χ3v) is 3.43. The minimum absolute atomic E-state index is 0.0737. The zero-order valence-electron chi connectivity index (χ0n) is 18.2. The second-order valence-electron chi connectivity index (χ2n) is 6.48. The van der Waals surface area contributed by atoms with E-state index in [2.05, 4.69) is 5.32 Å². The number of hydrogen-bond donors (Lipinski definition) is 1. The molecule has 0 spiro atoms. The van der Waals surface area contributed by atoms with E-state index in [1.165, 1.54) is 12.1 Å². The first-order valence-electron chi connectivity index (χ1n) is 9.69. The summed E-state index contributed by atoms with van der Waals surface area (Å²) in [5.74, 6) is 0.409. The van der Waals surface area contributed by atoms with Crippen LogP contribution in [-0.4, -0.2) is 37.3 Å². The van der Waals surface area contributed by atoms with Gasteiger partial charge in [0.25, 0.3) is 0 Å². The normalized spacial score (nSPS) is 9.38. The second-order valence-corrected chi connectivity index (χ2v) is 6.48. The second kappa shape index (κ2) is 17.3. The average Bonchev–Trinajstić information content (AvgIpc) is 2.72. The van der Waals surface area contributed by atoms with Crippen molar-refractivity contribution in [2.75, 3.05) is 6.61 Å². The van der Waals surface area contributed by atoms with Gasteiger partial charge >= 0.3 is 0 Å². The lowest BCUT2D eigenvalue weighted by atomic mass is 9.97. The minimum Gasteiger partial charge on any atom is -0.486 e. The SMILES string of the molecule is CC.CC(C)C(=O)c1cc(OCC=O)ccc1C=O.CC(C)CCC(=O)NC=O. The Hall–Kier alpha value is -2.83. The summed E-state index contributed by atoms with van der Waals surface area (Å²) < 4.78 is 5.09. The molecular formula is C22H33NO6. The lowest BCUT2D eigenvalue weighted by Crippen LogP contribution is -2.21. The Morgan fingerprint density at radius 2 is 1.69 bits per heavy atom. The molecule has 0 aliphatic carbocycles. The number of carbonyl (C=O) groups is 5. The van der Waals surface area contributed by atoms with Crippen molar-refractivity contribution in [2.45, 2.75) is 54.4 Å². The van der Waals surface area contributed by atoms with Crippen LogP contribution in [0.3, 0.4) is 0 Å². The maximum Gasteiger partial charge on any atom is 0.226 e. The lowest BCUT2D eigenvalue weighted by Gasteiger charge is -2.09. The smallest absolute Gasteiger partial charge is 0.226 e. The summed E-state index contributed by atoms with van der Waals surface area (Å²) in [6.07, 6.45) is 2.95. The van der Waals surface area contributed by atoms with Crippen molar-refractivity contribution >= 4 is 30.7 Å². The average molecular weight is 408 g/mol. The van der Waals surface area contributed by atoms with Crippen LogP contribution in [0.15, 0.2) is 18.2 Å². The van der Waals surface area contributed by atoms with Crippen molar-refractivity contribution in [3.8, 4) is 5.75 Å². The van der Waals surface area contributed by atoms with Crippen LogP contribution >= 0.6 is 0 Å². The van der Waals surface area contributed by atoms with E-state index < -0.39 is 0 Å². The fraction of sp³-hybridized carbons (Fsp3) is 0.500. The molecule has 162 valence electrons. The molecule has 1 N–H and O–H groups in total. The van der Waals surface area contributed by atoms with Crippen molar-refractivity contribution in [1.29, 1.82) is 0 Å². The fourth-order valence-corrected chi connectivity index (χ4v) is 1.94. The highest BCUT2D eigenvalue weighted by molar-refractivity contribution is 6.04. The van der Waals surface area contributed by atoms with Gasteiger partial charge in [-0.2, -0.15) is 0 Å². The zero-order valence-corrected chi connectivity index (χ0v) is 18.2. The van der Waals surface area contributed by atoms with E-state index in [9.17, 15) is 24.0 Å². The van der Waals surface area contributed by atoms with Gasteiger partial charge in [-0.15, -0.1) is 0 Å². The van der Waals surface area contributed by atoms with E-state index in [1.807, 2.05) is 27.7 Å². The van der Waals surface area contributed by atoms with Crippen LogP contribution in [0.5, 0.6) is 5.75 Å². The van der Waals surface area contributed by atoms with Crippen molar-refractivity contribution < 1.29 is 28.7 Å². The fourth-order valence-electron chi connectivity index (χ4n) is 1.94. The van der Waals surface area contributed by atoms with E-state index >= 15 is 0 Å². The maximum atomic E-state index is 11.9. The lowest BCUT2D eigenvalue weighted by molar-refractivity contribution is -0.125. The summed E-state index contributed by atoms with van der Waals surface area (Å²) in [6.45, 7) is 11.5. The molecule has 1 rings (SSSR count). The minimum atomic E-state index is -0.199. The number of rotatable bonds is 10. The highest BCUT2D eigenvalue weighted by atomic mass is 16.5. The topological polar surface area (TPSA) is 107 Å². The van der Waals surface area contributed by atoms with E-state index in [4.69, 9.17) is 4.74 Å². The molecule has 0 saturated carbocycles. The van der Waals surface area contributed by atoms with E-state index in [1.54, 1.807) is 19.9 Å². The molecule has 0 unspecified atom stereocenters. The van der Waals surface area contributed by atoms with Gasteiger partial charge < -0.3 is 4.74 Å². The highest BCUT2D eigenvalue weighted by Crippen LogP contribution is 2.20. The molecule has 7 nitrogen and oxygen atoms in total. The van der Waals surface area contributed by atoms with Crippen molar-refractivity contribution in [3.05, 3.63) is 29.3 Å². The molecule has 0 bridgehead atoms. The first-order valence-corrected chi connectivity index (χ1v) is 9.69. The zero-order chi connectivity index (χ0) is 22.8. The van der Waals surface area contributed by atoms with Gasteiger partial charge in [0.15, 0.2) is 18.4 Å². The molecular weight excluding hydrogens is 374 g/mol.